The Labute approximate surface area is 82.0 Å². The van der Waals surface area contributed by atoms with Gasteiger partial charge in [-0.05, 0) is 18.9 Å². The number of fused-ring (bicyclic) bond motifs is 1. The fourth-order valence-electron chi connectivity index (χ4n) is 1.99. The Hall–Kier alpha value is -1.29. The Morgan fingerprint density at radius 2 is 2.50 bits per heavy atom. The van der Waals surface area contributed by atoms with Gasteiger partial charge >= 0.3 is 5.97 Å². The highest BCUT2D eigenvalue weighted by Gasteiger charge is 2.42. The Morgan fingerprint density at radius 3 is 3.21 bits per heavy atom. The lowest BCUT2D eigenvalue weighted by molar-refractivity contribution is -0.148. The van der Waals surface area contributed by atoms with E-state index in [0.29, 0.717) is 6.42 Å². The van der Waals surface area contributed by atoms with Crippen molar-refractivity contribution in [2.24, 2.45) is 5.73 Å². The van der Waals surface area contributed by atoms with Crippen LogP contribution < -0.4 is 5.73 Å². The molecule has 4 nitrogen and oxygen atoms in total. The maximum Gasteiger partial charge on any atom is 0.330 e. The van der Waals surface area contributed by atoms with Gasteiger partial charge in [-0.25, -0.2) is 4.79 Å². The zero-order chi connectivity index (χ0) is 10.2. The maximum atomic E-state index is 11.6. The number of rotatable bonds is 1. The summed E-state index contributed by atoms with van der Waals surface area (Å²) in [5.74, 6) is 0.420. The monoisotopic (exact) mass is 195 g/mol. The van der Waals surface area contributed by atoms with Crippen LogP contribution in [0.3, 0.4) is 0 Å². The van der Waals surface area contributed by atoms with Crippen molar-refractivity contribution < 1.29 is 13.9 Å². The summed E-state index contributed by atoms with van der Waals surface area (Å²) in [6.07, 6.45) is 3.89. The minimum atomic E-state index is -1.00. The van der Waals surface area contributed by atoms with Crippen molar-refractivity contribution in [3.05, 3.63) is 23.7 Å². The summed E-state index contributed by atoms with van der Waals surface area (Å²) in [5, 5.41) is 0. The number of esters is 1. The summed E-state index contributed by atoms with van der Waals surface area (Å²) in [6, 6.07) is 1.76. The largest absolute Gasteiger partial charge is 0.469 e. The van der Waals surface area contributed by atoms with Crippen LogP contribution in [0.25, 0.3) is 0 Å². The first-order chi connectivity index (χ1) is 6.68. The lowest BCUT2D eigenvalue weighted by atomic mass is 9.81. The first kappa shape index (κ1) is 9.27. The van der Waals surface area contributed by atoms with Crippen molar-refractivity contribution >= 4 is 5.97 Å². The van der Waals surface area contributed by atoms with E-state index in [1.165, 1.54) is 7.11 Å². The van der Waals surface area contributed by atoms with Crippen LogP contribution in [0, 0.1) is 0 Å². The van der Waals surface area contributed by atoms with E-state index in [0.717, 1.165) is 24.2 Å². The first-order valence-electron chi connectivity index (χ1n) is 4.62. The Kier molecular flexibility index (Phi) is 2.07. The second-order valence-electron chi connectivity index (χ2n) is 3.57. The molecular weight excluding hydrogens is 182 g/mol. The number of carbonyl (C=O) groups excluding carboxylic acids is 1. The van der Waals surface area contributed by atoms with E-state index in [1.54, 1.807) is 12.3 Å². The number of methoxy groups -OCH3 is 1. The van der Waals surface area contributed by atoms with E-state index in [-0.39, 0.29) is 5.97 Å². The van der Waals surface area contributed by atoms with Crippen LogP contribution in [0.1, 0.15) is 24.2 Å². The summed E-state index contributed by atoms with van der Waals surface area (Å²) in [4.78, 5) is 11.6. The molecule has 0 aliphatic heterocycles. The van der Waals surface area contributed by atoms with Crippen molar-refractivity contribution in [1.82, 2.24) is 0 Å². The van der Waals surface area contributed by atoms with E-state index < -0.39 is 5.54 Å². The molecule has 0 bridgehead atoms. The fourth-order valence-corrected chi connectivity index (χ4v) is 1.99. The highest BCUT2D eigenvalue weighted by molar-refractivity contribution is 5.82. The van der Waals surface area contributed by atoms with Gasteiger partial charge in [0.2, 0.25) is 0 Å². The first-order valence-corrected chi connectivity index (χ1v) is 4.62. The third kappa shape index (κ3) is 1.14. The number of ether oxygens (including phenoxy) is 1. The minimum absolute atomic E-state index is 0.389. The van der Waals surface area contributed by atoms with E-state index in [1.807, 2.05) is 0 Å². The maximum absolute atomic E-state index is 11.6. The molecule has 1 atom stereocenters. The van der Waals surface area contributed by atoms with Gasteiger partial charge in [-0.15, -0.1) is 0 Å². The molecule has 1 aromatic heterocycles. The second kappa shape index (κ2) is 3.13. The minimum Gasteiger partial charge on any atom is -0.469 e. The molecule has 2 rings (SSSR count). The predicted molar refractivity (Wildman–Crippen MR) is 49.5 cm³/mol. The number of aryl methyl sites for hydroxylation is 1. The number of furan rings is 1. The highest BCUT2D eigenvalue weighted by Crippen LogP contribution is 2.34. The average molecular weight is 195 g/mol. The molecule has 1 aromatic rings. The zero-order valence-corrected chi connectivity index (χ0v) is 8.08. The van der Waals surface area contributed by atoms with Crippen LogP contribution in [0.15, 0.2) is 16.7 Å². The van der Waals surface area contributed by atoms with Crippen molar-refractivity contribution in [3.63, 3.8) is 0 Å². The Bertz CT molecular complexity index is 358. The molecule has 1 unspecified atom stereocenters. The van der Waals surface area contributed by atoms with Gasteiger partial charge in [0, 0.05) is 12.0 Å². The van der Waals surface area contributed by atoms with Crippen molar-refractivity contribution in [3.8, 4) is 0 Å². The van der Waals surface area contributed by atoms with Gasteiger partial charge < -0.3 is 14.9 Å². The SMILES string of the molecule is COC(=O)C1(N)CCCc2occc21. The van der Waals surface area contributed by atoms with Crippen molar-refractivity contribution in [2.75, 3.05) is 7.11 Å². The third-order valence-corrected chi connectivity index (χ3v) is 2.75. The quantitative estimate of drug-likeness (QED) is 0.677. The molecule has 1 aliphatic carbocycles. The van der Waals surface area contributed by atoms with Crippen LogP contribution >= 0.6 is 0 Å². The fraction of sp³-hybridized carbons (Fsp3) is 0.500. The van der Waals surface area contributed by atoms with Gasteiger partial charge in [0.05, 0.1) is 13.4 Å². The lowest BCUT2D eigenvalue weighted by Crippen LogP contribution is -2.47. The number of carbonyl (C=O) groups is 1. The number of nitrogens with two attached hydrogens (primary N) is 1. The van der Waals surface area contributed by atoms with E-state index in [9.17, 15) is 4.79 Å². The molecule has 4 heteroatoms. The molecular formula is C10H13NO3. The molecule has 1 aliphatic rings. The highest BCUT2D eigenvalue weighted by atomic mass is 16.5. The van der Waals surface area contributed by atoms with Gasteiger partial charge in [0.15, 0.2) is 0 Å². The zero-order valence-electron chi connectivity index (χ0n) is 8.08. The molecule has 0 aromatic carbocycles. The molecule has 0 spiro atoms. The molecule has 0 saturated heterocycles. The molecule has 1 heterocycles. The van der Waals surface area contributed by atoms with E-state index in [2.05, 4.69) is 0 Å². The lowest BCUT2D eigenvalue weighted by Gasteiger charge is -2.29. The summed E-state index contributed by atoms with van der Waals surface area (Å²) in [5.41, 5.74) is 5.80. The van der Waals surface area contributed by atoms with Crippen molar-refractivity contribution in [2.45, 2.75) is 24.8 Å². The van der Waals surface area contributed by atoms with Gasteiger partial charge in [0.25, 0.3) is 0 Å². The molecule has 14 heavy (non-hydrogen) atoms. The van der Waals surface area contributed by atoms with E-state index >= 15 is 0 Å². The van der Waals surface area contributed by atoms with Gasteiger partial charge in [-0.3, -0.25) is 0 Å². The van der Waals surface area contributed by atoms with Crippen LogP contribution in [0.2, 0.25) is 0 Å². The van der Waals surface area contributed by atoms with Crippen LogP contribution in [-0.4, -0.2) is 13.1 Å². The van der Waals surface area contributed by atoms with E-state index in [4.69, 9.17) is 14.9 Å². The molecule has 76 valence electrons. The van der Waals surface area contributed by atoms with Crippen LogP contribution in [-0.2, 0) is 21.5 Å². The summed E-state index contributed by atoms with van der Waals surface area (Å²) in [6.45, 7) is 0. The van der Waals surface area contributed by atoms with Crippen LogP contribution in [0.5, 0.6) is 0 Å². The standard InChI is InChI=1S/C10H13NO3/c1-13-9(12)10(11)5-2-3-8-7(10)4-6-14-8/h4,6H,2-3,5,11H2,1H3. The molecule has 0 amide bonds. The molecule has 0 radical (unpaired) electrons. The van der Waals surface area contributed by atoms with Gasteiger partial charge in [-0.1, -0.05) is 0 Å². The summed E-state index contributed by atoms with van der Waals surface area (Å²) >= 11 is 0. The Morgan fingerprint density at radius 1 is 1.71 bits per heavy atom. The predicted octanol–water partition coefficient (Wildman–Crippen LogP) is 0.943. The van der Waals surface area contributed by atoms with Gasteiger partial charge in [-0.2, -0.15) is 0 Å². The normalized spacial score (nSPS) is 25.6. The Balaban J connectivity index is 2.44. The smallest absolute Gasteiger partial charge is 0.330 e. The van der Waals surface area contributed by atoms with Crippen LogP contribution in [0.4, 0.5) is 0 Å². The van der Waals surface area contributed by atoms with Gasteiger partial charge in [0.1, 0.15) is 11.3 Å². The number of hydrogen-bond donors (Lipinski definition) is 1. The molecule has 0 fully saturated rings. The topological polar surface area (TPSA) is 65.5 Å². The second-order valence-corrected chi connectivity index (χ2v) is 3.57. The summed E-state index contributed by atoms with van der Waals surface area (Å²) in [7, 11) is 1.35. The molecule has 2 N–H and O–H groups in total. The van der Waals surface area contributed by atoms with Crippen molar-refractivity contribution in [1.29, 1.82) is 0 Å². The summed E-state index contributed by atoms with van der Waals surface area (Å²) < 4.78 is 9.97. The molecule has 0 saturated carbocycles. The number of hydrogen-bond acceptors (Lipinski definition) is 4. The third-order valence-electron chi connectivity index (χ3n) is 2.75. The average Bonchev–Trinajstić information content (AvgIpc) is 2.66.